The number of aromatic nitrogens is 1. The number of pyridine rings is 1. The number of aliphatic hydroxyl groups is 1. The van der Waals surface area contributed by atoms with Gasteiger partial charge in [-0.2, -0.15) is 0 Å². The fourth-order valence-electron chi connectivity index (χ4n) is 1.91. The van der Waals surface area contributed by atoms with Gasteiger partial charge in [0.2, 0.25) is 5.88 Å². The zero-order valence-electron chi connectivity index (χ0n) is 10.8. The minimum atomic E-state index is -0.598. The van der Waals surface area contributed by atoms with E-state index in [9.17, 15) is 5.11 Å². The van der Waals surface area contributed by atoms with Crippen molar-refractivity contribution in [1.82, 2.24) is 4.98 Å². The summed E-state index contributed by atoms with van der Waals surface area (Å²) in [7, 11) is 0. The fourth-order valence-corrected chi connectivity index (χ4v) is 1.91. The third kappa shape index (κ3) is 2.87. The molecule has 1 heterocycles. The van der Waals surface area contributed by atoms with Crippen LogP contribution in [0.2, 0.25) is 0 Å². The van der Waals surface area contributed by atoms with Gasteiger partial charge in [-0.05, 0) is 56.2 Å². The van der Waals surface area contributed by atoms with Crippen LogP contribution in [0, 0.1) is 13.8 Å². The zero-order valence-corrected chi connectivity index (χ0v) is 10.8. The van der Waals surface area contributed by atoms with E-state index in [2.05, 4.69) is 11.1 Å². The predicted octanol–water partition coefficient (Wildman–Crippen LogP) is 3.54. The van der Waals surface area contributed by atoms with Crippen LogP contribution in [0.5, 0.6) is 11.6 Å². The molecule has 2 aromatic rings. The van der Waals surface area contributed by atoms with Crippen LogP contribution < -0.4 is 4.74 Å². The molecular weight excluding hydrogens is 226 g/mol. The summed E-state index contributed by atoms with van der Waals surface area (Å²) in [5.41, 5.74) is 2.97. The highest BCUT2D eigenvalue weighted by molar-refractivity contribution is 5.37. The van der Waals surface area contributed by atoms with Crippen molar-refractivity contribution in [3.05, 3.63) is 53.2 Å². The lowest BCUT2D eigenvalue weighted by molar-refractivity contribution is 0.194. The molecule has 94 valence electrons. The monoisotopic (exact) mass is 243 g/mol. The van der Waals surface area contributed by atoms with Crippen LogP contribution in [0.15, 0.2) is 36.5 Å². The molecule has 0 radical (unpaired) electrons. The van der Waals surface area contributed by atoms with E-state index in [1.54, 1.807) is 19.2 Å². The molecule has 2 rings (SSSR count). The Hall–Kier alpha value is -1.87. The van der Waals surface area contributed by atoms with Crippen molar-refractivity contribution in [2.75, 3.05) is 0 Å². The molecule has 0 amide bonds. The molecule has 3 nitrogen and oxygen atoms in total. The molecular formula is C15H17NO2. The number of aliphatic hydroxyl groups excluding tert-OH is 1. The smallest absolute Gasteiger partial charge is 0.225 e. The summed E-state index contributed by atoms with van der Waals surface area (Å²) in [6, 6.07) is 9.59. The summed E-state index contributed by atoms with van der Waals surface area (Å²) in [6.45, 7) is 5.74. The van der Waals surface area contributed by atoms with E-state index in [1.165, 1.54) is 0 Å². The normalized spacial score (nSPS) is 12.2. The summed E-state index contributed by atoms with van der Waals surface area (Å²) in [6.07, 6.45) is 1.06. The molecule has 1 aromatic heterocycles. The summed E-state index contributed by atoms with van der Waals surface area (Å²) in [5, 5.41) is 9.67. The minimum Gasteiger partial charge on any atom is -0.439 e. The van der Waals surface area contributed by atoms with Crippen molar-refractivity contribution >= 4 is 0 Å². The van der Waals surface area contributed by atoms with Gasteiger partial charge < -0.3 is 9.84 Å². The predicted molar refractivity (Wildman–Crippen MR) is 70.9 cm³/mol. The number of benzene rings is 1. The van der Waals surface area contributed by atoms with Crippen molar-refractivity contribution in [3.8, 4) is 11.6 Å². The highest BCUT2D eigenvalue weighted by atomic mass is 16.5. The Morgan fingerprint density at radius 3 is 2.44 bits per heavy atom. The molecule has 0 fully saturated rings. The Morgan fingerprint density at radius 1 is 1.17 bits per heavy atom. The van der Waals surface area contributed by atoms with Gasteiger partial charge in [0.05, 0.1) is 6.10 Å². The van der Waals surface area contributed by atoms with E-state index in [0.717, 1.165) is 16.9 Å². The first-order valence-corrected chi connectivity index (χ1v) is 5.95. The SMILES string of the molecule is Cc1cc(C)cc(Oc2ncccc2C(C)O)c1. The van der Waals surface area contributed by atoms with Gasteiger partial charge in [-0.15, -0.1) is 0 Å². The van der Waals surface area contributed by atoms with Gasteiger partial charge in [0.25, 0.3) is 0 Å². The van der Waals surface area contributed by atoms with Gasteiger partial charge in [-0.3, -0.25) is 0 Å². The highest BCUT2D eigenvalue weighted by Gasteiger charge is 2.10. The van der Waals surface area contributed by atoms with Crippen LogP contribution in [0.4, 0.5) is 0 Å². The first-order valence-electron chi connectivity index (χ1n) is 5.95. The molecule has 0 bridgehead atoms. The summed E-state index contributed by atoms with van der Waals surface area (Å²) in [5.74, 6) is 1.20. The molecule has 0 aliphatic rings. The first-order chi connectivity index (χ1) is 8.56. The molecule has 1 unspecified atom stereocenters. The largest absolute Gasteiger partial charge is 0.439 e. The van der Waals surface area contributed by atoms with E-state index in [1.807, 2.05) is 32.0 Å². The van der Waals surface area contributed by atoms with Crippen molar-refractivity contribution in [2.45, 2.75) is 26.9 Å². The third-order valence-corrected chi connectivity index (χ3v) is 2.66. The van der Waals surface area contributed by atoms with E-state index >= 15 is 0 Å². The Balaban J connectivity index is 2.34. The second kappa shape index (κ2) is 5.19. The fraction of sp³-hybridized carbons (Fsp3) is 0.267. The van der Waals surface area contributed by atoms with Crippen molar-refractivity contribution in [3.63, 3.8) is 0 Å². The maximum atomic E-state index is 9.67. The number of ether oxygens (including phenoxy) is 1. The standard InChI is InChI=1S/C15H17NO2/c1-10-7-11(2)9-13(8-10)18-15-14(12(3)17)5-4-6-16-15/h4-9,12,17H,1-3H3. The molecule has 0 saturated carbocycles. The Bertz CT molecular complexity index is 530. The van der Waals surface area contributed by atoms with Crippen LogP contribution in [0.25, 0.3) is 0 Å². The molecule has 3 heteroatoms. The zero-order chi connectivity index (χ0) is 13.1. The number of hydrogen-bond acceptors (Lipinski definition) is 3. The van der Waals surface area contributed by atoms with Gasteiger partial charge in [-0.1, -0.05) is 6.07 Å². The molecule has 0 saturated heterocycles. The lowest BCUT2D eigenvalue weighted by Gasteiger charge is -2.12. The van der Waals surface area contributed by atoms with E-state index in [-0.39, 0.29) is 0 Å². The van der Waals surface area contributed by atoms with Crippen molar-refractivity contribution in [1.29, 1.82) is 0 Å². The summed E-state index contributed by atoms with van der Waals surface area (Å²) < 4.78 is 5.76. The van der Waals surface area contributed by atoms with Gasteiger partial charge in [0.1, 0.15) is 5.75 Å². The molecule has 18 heavy (non-hydrogen) atoms. The first kappa shape index (κ1) is 12.6. The second-order valence-electron chi connectivity index (χ2n) is 4.50. The van der Waals surface area contributed by atoms with Crippen molar-refractivity contribution < 1.29 is 9.84 Å². The Morgan fingerprint density at radius 2 is 1.83 bits per heavy atom. The van der Waals surface area contributed by atoms with E-state index in [4.69, 9.17) is 4.74 Å². The Labute approximate surface area is 107 Å². The van der Waals surface area contributed by atoms with Crippen LogP contribution in [0.1, 0.15) is 29.7 Å². The topological polar surface area (TPSA) is 42.4 Å². The number of aryl methyl sites for hydroxylation is 2. The van der Waals surface area contributed by atoms with Gasteiger partial charge >= 0.3 is 0 Å². The molecule has 0 aliphatic heterocycles. The minimum absolute atomic E-state index is 0.456. The van der Waals surface area contributed by atoms with Gasteiger partial charge in [0.15, 0.2) is 0 Å². The lowest BCUT2D eigenvalue weighted by Crippen LogP contribution is -1.98. The van der Waals surface area contributed by atoms with E-state index in [0.29, 0.717) is 11.4 Å². The molecule has 0 aliphatic carbocycles. The van der Waals surface area contributed by atoms with Crippen LogP contribution >= 0.6 is 0 Å². The second-order valence-corrected chi connectivity index (χ2v) is 4.50. The van der Waals surface area contributed by atoms with Gasteiger partial charge in [-0.25, -0.2) is 4.98 Å². The summed E-state index contributed by atoms with van der Waals surface area (Å²) in [4.78, 5) is 4.17. The summed E-state index contributed by atoms with van der Waals surface area (Å²) >= 11 is 0. The number of nitrogens with zero attached hydrogens (tertiary/aromatic N) is 1. The third-order valence-electron chi connectivity index (χ3n) is 2.66. The van der Waals surface area contributed by atoms with Crippen molar-refractivity contribution in [2.24, 2.45) is 0 Å². The molecule has 1 atom stereocenters. The average Bonchev–Trinajstić information content (AvgIpc) is 2.27. The number of hydrogen-bond donors (Lipinski definition) is 1. The molecule has 0 spiro atoms. The quantitative estimate of drug-likeness (QED) is 0.896. The maximum absolute atomic E-state index is 9.67. The molecule has 1 N–H and O–H groups in total. The van der Waals surface area contributed by atoms with Crippen LogP contribution in [-0.4, -0.2) is 10.1 Å². The van der Waals surface area contributed by atoms with Crippen LogP contribution in [-0.2, 0) is 0 Å². The average molecular weight is 243 g/mol. The Kier molecular flexibility index (Phi) is 3.63. The number of rotatable bonds is 3. The lowest BCUT2D eigenvalue weighted by atomic mass is 10.1. The van der Waals surface area contributed by atoms with E-state index < -0.39 is 6.10 Å². The van der Waals surface area contributed by atoms with Crippen LogP contribution in [0.3, 0.4) is 0 Å². The molecule has 1 aromatic carbocycles. The maximum Gasteiger partial charge on any atom is 0.225 e. The highest BCUT2D eigenvalue weighted by Crippen LogP contribution is 2.28. The van der Waals surface area contributed by atoms with Gasteiger partial charge in [0, 0.05) is 11.8 Å².